The molecule has 1 heterocycles. The predicted octanol–water partition coefficient (Wildman–Crippen LogP) is 4.43. The molecule has 0 saturated heterocycles. The molecular weight excluding hydrogens is 455 g/mol. The molecule has 1 unspecified atom stereocenters. The summed E-state index contributed by atoms with van der Waals surface area (Å²) in [7, 11) is 2.91. The molecule has 2 aromatic rings. The van der Waals surface area contributed by atoms with E-state index in [1.807, 2.05) is 12.1 Å². The Labute approximate surface area is 164 Å². The normalized spacial score (nSPS) is 17.1. The summed E-state index contributed by atoms with van der Waals surface area (Å²) in [5.74, 6) is -0.590. The molecule has 0 N–H and O–H groups in total. The number of alkyl halides is 2. The minimum absolute atomic E-state index is 0.124. The second-order valence-electron chi connectivity index (χ2n) is 6.32. The lowest BCUT2D eigenvalue weighted by Crippen LogP contribution is -2.34. The van der Waals surface area contributed by atoms with Crippen molar-refractivity contribution >= 4 is 28.5 Å². The number of amides is 1. The third-order valence-electron chi connectivity index (χ3n) is 4.61. The molecule has 1 atom stereocenters. The minimum Gasteiger partial charge on any atom is -0.275 e. The molecule has 1 aliphatic carbocycles. The summed E-state index contributed by atoms with van der Waals surface area (Å²) in [5.41, 5.74) is 1.55. The van der Waals surface area contributed by atoms with E-state index in [-0.39, 0.29) is 11.6 Å². The SMILES string of the molecule is CON(C(=O)c1cn(C)nc1C(F)F)C1CCCCc2ccc(I)cc21. The Balaban J connectivity index is 2.01. The van der Waals surface area contributed by atoms with Gasteiger partial charge in [0.2, 0.25) is 0 Å². The lowest BCUT2D eigenvalue weighted by Gasteiger charge is -2.30. The van der Waals surface area contributed by atoms with Crippen molar-refractivity contribution in [2.24, 2.45) is 7.05 Å². The molecule has 5 nitrogen and oxygen atoms in total. The maximum Gasteiger partial charge on any atom is 0.282 e. The first-order valence-corrected chi connectivity index (χ1v) is 9.48. The van der Waals surface area contributed by atoms with Gasteiger partial charge in [-0.05, 0) is 65.1 Å². The lowest BCUT2D eigenvalue weighted by atomic mass is 9.98. The molecule has 140 valence electrons. The first-order chi connectivity index (χ1) is 12.4. The number of rotatable bonds is 4. The predicted molar refractivity (Wildman–Crippen MR) is 101 cm³/mol. The molecule has 1 aromatic carbocycles. The van der Waals surface area contributed by atoms with Crippen LogP contribution in [-0.4, -0.2) is 27.9 Å². The average molecular weight is 475 g/mol. The highest BCUT2D eigenvalue weighted by Gasteiger charge is 2.33. The zero-order valence-electron chi connectivity index (χ0n) is 14.6. The van der Waals surface area contributed by atoms with Crippen LogP contribution in [0.25, 0.3) is 0 Å². The van der Waals surface area contributed by atoms with Crippen molar-refractivity contribution in [1.29, 1.82) is 0 Å². The van der Waals surface area contributed by atoms with Gasteiger partial charge in [-0.2, -0.15) is 5.10 Å². The largest absolute Gasteiger partial charge is 0.282 e. The van der Waals surface area contributed by atoms with E-state index < -0.39 is 18.0 Å². The fraction of sp³-hybridized carbons (Fsp3) is 0.444. The van der Waals surface area contributed by atoms with E-state index >= 15 is 0 Å². The van der Waals surface area contributed by atoms with Crippen LogP contribution in [-0.2, 0) is 18.3 Å². The molecule has 26 heavy (non-hydrogen) atoms. The fourth-order valence-electron chi connectivity index (χ4n) is 3.46. The van der Waals surface area contributed by atoms with Gasteiger partial charge in [-0.1, -0.05) is 12.5 Å². The van der Waals surface area contributed by atoms with Crippen LogP contribution in [0.1, 0.15) is 58.9 Å². The number of hydroxylamine groups is 2. The van der Waals surface area contributed by atoms with Crippen LogP contribution >= 0.6 is 22.6 Å². The standard InChI is InChI=1S/C18H20F2IN3O2/c1-23-10-14(16(22-23)17(19)20)18(25)24(26-2)15-6-4-3-5-11-7-8-12(21)9-13(11)15/h7-10,15,17H,3-6H2,1-2H3. The van der Waals surface area contributed by atoms with E-state index in [2.05, 4.69) is 33.8 Å². The van der Waals surface area contributed by atoms with Gasteiger partial charge in [-0.15, -0.1) is 0 Å². The maximum atomic E-state index is 13.3. The van der Waals surface area contributed by atoms with Gasteiger partial charge in [0.15, 0.2) is 0 Å². The van der Waals surface area contributed by atoms with Gasteiger partial charge in [-0.3, -0.25) is 14.3 Å². The van der Waals surface area contributed by atoms with E-state index in [0.717, 1.165) is 34.8 Å². The highest BCUT2D eigenvalue weighted by atomic mass is 127. The van der Waals surface area contributed by atoms with E-state index in [1.165, 1.54) is 35.7 Å². The lowest BCUT2D eigenvalue weighted by molar-refractivity contribution is -0.126. The minimum atomic E-state index is -2.82. The Morgan fingerprint density at radius 2 is 2.19 bits per heavy atom. The zero-order chi connectivity index (χ0) is 18.8. The number of nitrogens with zero attached hydrogens (tertiary/aromatic N) is 3. The van der Waals surface area contributed by atoms with Crippen LogP contribution in [0.2, 0.25) is 0 Å². The van der Waals surface area contributed by atoms with Crippen LogP contribution in [0.5, 0.6) is 0 Å². The molecular formula is C18H20F2IN3O2. The Morgan fingerprint density at radius 1 is 1.42 bits per heavy atom. The van der Waals surface area contributed by atoms with Crippen molar-refractivity contribution in [1.82, 2.24) is 14.8 Å². The molecule has 0 radical (unpaired) electrons. The number of benzene rings is 1. The quantitative estimate of drug-likeness (QED) is 0.374. The summed E-state index contributed by atoms with van der Waals surface area (Å²) in [6, 6.07) is 5.84. The number of halogens is 3. The molecule has 0 fully saturated rings. The van der Waals surface area contributed by atoms with Gasteiger partial charge < -0.3 is 0 Å². The molecule has 3 rings (SSSR count). The van der Waals surface area contributed by atoms with Crippen LogP contribution < -0.4 is 0 Å². The average Bonchev–Trinajstić information content (AvgIpc) is 2.89. The van der Waals surface area contributed by atoms with E-state index in [0.29, 0.717) is 0 Å². The van der Waals surface area contributed by atoms with Crippen molar-refractivity contribution in [2.75, 3.05) is 7.11 Å². The molecule has 1 aromatic heterocycles. The highest BCUT2D eigenvalue weighted by molar-refractivity contribution is 14.1. The van der Waals surface area contributed by atoms with Crippen molar-refractivity contribution in [3.05, 3.63) is 50.4 Å². The molecule has 0 bridgehead atoms. The smallest absolute Gasteiger partial charge is 0.275 e. The number of aryl methyl sites for hydroxylation is 2. The third-order valence-corrected chi connectivity index (χ3v) is 5.29. The van der Waals surface area contributed by atoms with Gasteiger partial charge >= 0.3 is 0 Å². The first-order valence-electron chi connectivity index (χ1n) is 8.40. The summed E-state index contributed by atoms with van der Waals surface area (Å²) < 4.78 is 28.8. The Morgan fingerprint density at radius 3 is 2.88 bits per heavy atom. The summed E-state index contributed by atoms with van der Waals surface area (Å²) in [6.07, 6.45) is 2.10. The zero-order valence-corrected chi connectivity index (χ0v) is 16.7. The fourth-order valence-corrected chi connectivity index (χ4v) is 3.97. The third kappa shape index (κ3) is 3.75. The van der Waals surface area contributed by atoms with E-state index in [4.69, 9.17) is 4.84 Å². The summed E-state index contributed by atoms with van der Waals surface area (Å²) >= 11 is 2.23. The number of hydrogen-bond acceptors (Lipinski definition) is 3. The number of fused-ring (bicyclic) bond motifs is 1. The van der Waals surface area contributed by atoms with E-state index in [9.17, 15) is 13.6 Å². The summed E-state index contributed by atoms with van der Waals surface area (Å²) in [6.45, 7) is 0. The molecule has 1 amide bonds. The van der Waals surface area contributed by atoms with Crippen molar-refractivity contribution < 1.29 is 18.4 Å². The van der Waals surface area contributed by atoms with Crippen LogP contribution in [0.3, 0.4) is 0 Å². The van der Waals surface area contributed by atoms with Gasteiger partial charge in [0.05, 0.1) is 18.7 Å². The Kier molecular flexibility index (Phi) is 5.91. The van der Waals surface area contributed by atoms with Crippen LogP contribution in [0.4, 0.5) is 8.78 Å². The number of hydrogen-bond donors (Lipinski definition) is 0. The van der Waals surface area contributed by atoms with Crippen LogP contribution in [0.15, 0.2) is 24.4 Å². The van der Waals surface area contributed by atoms with Gasteiger partial charge in [0.25, 0.3) is 12.3 Å². The van der Waals surface area contributed by atoms with Crippen LogP contribution in [0, 0.1) is 3.57 Å². The number of aromatic nitrogens is 2. The topological polar surface area (TPSA) is 47.4 Å². The first kappa shape index (κ1) is 19.2. The summed E-state index contributed by atoms with van der Waals surface area (Å²) in [4.78, 5) is 18.4. The molecule has 0 aliphatic heterocycles. The number of carbonyl (C=O) groups excluding carboxylic acids is 1. The summed E-state index contributed by atoms with van der Waals surface area (Å²) in [5, 5.41) is 4.96. The second-order valence-corrected chi connectivity index (χ2v) is 7.57. The molecule has 1 aliphatic rings. The van der Waals surface area contributed by atoms with Crippen molar-refractivity contribution in [3.63, 3.8) is 0 Å². The maximum absolute atomic E-state index is 13.3. The Hall–Kier alpha value is -1.55. The Bertz CT molecular complexity index is 810. The molecule has 8 heteroatoms. The van der Waals surface area contributed by atoms with Gasteiger partial charge in [-0.25, -0.2) is 13.8 Å². The molecule has 0 saturated carbocycles. The van der Waals surface area contributed by atoms with Crippen molar-refractivity contribution in [3.8, 4) is 0 Å². The van der Waals surface area contributed by atoms with Gasteiger partial charge in [0, 0.05) is 16.8 Å². The second kappa shape index (κ2) is 7.99. The molecule has 0 spiro atoms. The van der Waals surface area contributed by atoms with Crippen molar-refractivity contribution in [2.45, 2.75) is 38.2 Å². The number of carbonyl (C=O) groups is 1. The van der Waals surface area contributed by atoms with Gasteiger partial charge in [0.1, 0.15) is 5.69 Å². The highest BCUT2D eigenvalue weighted by Crippen LogP contribution is 2.36. The van der Waals surface area contributed by atoms with E-state index in [1.54, 1.807) is 0 Å². The monoisotopic (exact) mass is 475 g/mol.